The number of hydrogen-bond donors (Lipinski definition) is 1. The van der Waals surface area contributed by atoms with Gasteiger partial charge in [-0.05, 0) is 42.0 Å². The molecule has 3 nitrogen and oxygen atoms in total. The Labute approximate surface area is 130 Å². The number of benzene rings is 2. The fourth-order valence-electron chi connectivity index (χ4n) is 1.71. The van der Waals surface area contributed by atoms with Crippen molar-refractivity contribution in [2.45, 2.75) is 10.6 Å². The highest BCUT2D eigenvalue weighted by atomic mass is 35.5. The maximum absolute atomic E-state index is 13.2. The standard InChI is InChI=1S/C15H9ClFNO2S/c16-14-4-3-12(6-13(14)15(19)20)21-8-10-5-11(17)2-1-9(10)7-18/h1-6H,8H2,(H,19,20). The van der Waals surface area contributed by atoms with Crippen molar-refractivity contribution in [3.8, 4) is 6.07 Å². The summed E-state index contributed by atoms with van der Waals surface area (Å²) in [6, 6.07) is 10.6. The number of aromatic carboxylic acids is 1. The van der Waals surface area contributed by atoms with Gasteiger partial charge in [-0.3, -0.25) is 0 Å². The minimum atomic E-state index is -1.11. The van der Waals surface area contributed by atoms with Gasteiger partial charge in [0.05, 0.1) is 22.2 Å². The van der Waals surface area contributed by atoms with E-state index in [1.807, 2.05) is 6.07 Å². The second-order valence-electron chi connectivity index (χ2n) is 4.15. The molecule has 0 heterocycles. The molecular weight excluding hydrogens is 313 g/mol. The maximum Gasteiger partial charge on any atom is 0.337 e. The first-order valence-electron chi connectivity index (χ1n) is 5.85. The summed E-state index contributed by atoms with van der Waals surface area (Å²) < 4.78 is 13.2. The molecule has 0 aromatic heterocycles. The number of halogens is 2. The van der Waals surface area contributed by atoms with Crippen LogP contribution in [0.5, 0.6) is 0 Å². The molecule has 0 spiro atoms. The summed E-state index contributed by atoms with van der Waals surface area (Å²) in [5.74, 6) is -1.15. The summed E-state index contributed by atoms with van der Waals surface area (Å²) >= 11 is 7.11. The molecule has 0 aliphatic heterocycles. The molecule has 0 aliphatic carbocycles. The number of nitrogens with zero attached hydrogens (tertiary/aromatic N) is 1. The van der Waals surface area contributed by atoms with Crippen LogP contribution in [0.4, 0.5) is 4.39 Å². The first-order valence-corrected chi connectivity index (χ1v) is 7.22. The summed E-state index contributed by atoms with van der Waals surface area (Å²) in [5, 5.41) is 18.2. The Morgan fingerprint density at radius 2 is 2.10 bits per heavy atom. The Hall–Kier alpha value is -2.03. The second kappa shape index (κ2) is 6.61. The zero-order chi connectivity index (χ0) is 15.4. The van der Waals surface area contributed by atoms with Crippen molar-refractivity contribution in [3.63, 3.8) is 0 Å². The van der Waals surface area contributed by atoms with E-state index in [-0.39, 0.29) is 10.6 Å². The largest absolute Gasteiger partial charge is 0.478 e. The third kappa shape index (κ3) is 3.75. The molecule has 0 aliphatic rings. The summed E-state index contributed by atoms with van der Waals surface area (Å²) in [5.41, 5.74) is 0.979. The van der Waals surface area contributed by atoms with Gasteiger partial charge < -0.3 is 5.11 Å². The van der Waals surface area contributed by atoms with E-state index in [4.69, 9.17) is 22.0 Å². The zero-order valence-corrected chi connectivity index (χ0v) is 12.2. The predicted molar refractivity (Wildman–Crippen MR) is 79.1 cm³/mol. The summed E-state index contributed by atoms with van der Waals surface area (Å²) in [6.07, 6.45) is 0. The number of carboxylic acids is 1. The maximum atomic E-state index is 13.2. The van der Waals surface area contributed by atoms with E-state index in [1.165, 1.54) is 42.1 Å². The minimum Gasteiger partial charge on any atom is -0.478 e. The van der Waals surface area contributed by atoms with Crippen LogP contribution in [0.3, 0.4) is 0 Å². The monoisotopic (exact) mass is 321 g/mol. The summed E-state index contributed by atoms with van der Waals surface area (Å²) in [4.78, 5) is 11.7. The van der Waals surface area contributed by atoms with Crippen LogP contribution in [-0.4, -0.2) is 11.1 Å². The average Bonchev–Trinajstić information content (AvgIpc) is 2.46. The van der Waals surface area contributed by atoms with Crippen molar-refractivity contribution in [1.29, 1.82) is 5.26 Å². The van der Waals surface area contributed by atoms with Crippen LogP contribution in [-0.2, 0) is 5.75 Å². The van der Waals surface area contributed by atoms with Crippen LogP contribution in [0.15, 0.2) is 41.3 Å². The van der Waals surface area contributed by atoms with Crippen molar-refractivity contribution >= 4 is 29.3 Å². The highest BCUT2D eigenvalue weighted by Gasteiger charge is 2.10. The van der Waals surface area contributed by atoms with E-state index in [9.17, 15) is 9.18 Å². The van der Waals surface area contributed by atoms with Gasteiger partial charge in [-0.15, -0.1) is 11.8 Å². The molecule has 0 bridgehead atoms. The minimum absolute atomic E-state index is 0.0152. The Morgan fingerprint density at radius 3 is 2.76 bits per heavy atom. The number of thioether (sulfide) groups is 1. The lowest BCUT2D eigenvalue weighted by Gasteiger charge is -2.06. The van der Waals surface area contributed by atoms with E-state index < -0.39 is 11.8 Å². The predicted octanol–water partition coefficient (Wildman–Crippen LogP) is 4.34. The van der Waals surface area contributed by atoms with Crippen LogP contribution >= 0.6 is 23.4 Å². The Balaban J connectivity index is 2.21. The summed E-state index contributed by atoms with van der Waals surface area (Å²) in [7, 11) is 0. The molecule has 106 valence electrons. The molecule has 0 saturated heterocycles. The fourth-order valence-corrected chi connectivity index (χ4v) is 2.83. The van der Waals surface area contributed by atoms with E-state index in [2.05, 4.69) is 0 Å². The van der Waals surface area contributed by atoms with Gasteiger partial charge in [0.2, 0.25) is 0 Å². The van der Waals surface area contributed by atoms with Crippen molar-refractivity contribution < 1.29 is 14.3 Å². The first-order chi connectivity index (χ1) is 10.0. The van der Waals surface area contributed by atoms with Crippen molar-refractivity contribution in [2.75, 3.05) is 0 Å². The lowest BCUT2D eigenvalue weighted by molar-refractivity contribution is 0.0697. The molecule has 2 aromatic carbocycles. The third-order valence-corrected chi connectivity index (χ3v) is 4.12. The molecular formula is C15H9ClFNO2S. The zero-order valence-electron chi connectivity index (χ0n) is 10.6. The first kappa shape index (κ1) is 15.4. The second-order valence-corrected chi connectivity index (χ2v) is 5.60. The molecule has 2 aromatic rings. The van der Waals surface area contributed by atoms with Crippen LogP contribution in [0.25, 0.3) is 0 Å². The lowest BCUT2D eigenvalue weighted by atomic mass is 10.1. The van der Waals surface area contributed by atoms with Crippen molar-refractivity contribution in [2.24, 2.45) is 0 Å². The summed E-state index contributed by atoms with van der Waals surface area (Å²) in [6.45, 7) is 0. The molecule has 0 amide bonds. The molecule has 2 rings (SSSR count). The number of carbonyl (C=O) groups is 1. The van der Waals surface area contributed by atoms with E-state index in [1.54, 1.807) is 6.07 Å². The van der Waals surface area contributed by atoms with Crippen molar-refractivity contribution in [1.82, 2.24) is 0 Å². The van der Waals surface area contributed by atoms with Gasteiger partial charge >= 0.3 is 5.97 Å². The molecule has 0 saturated carbocycles. The Bertz CT molecular complexity index is 743. The molecule has 21 heavy (non-hydrogen) atoms. The lowest BCUT2D eigenvalue weighted by Crippen LogP contribution is -1.97. The van der Waals surface area contributed by atoms with Crippen LogP contribution in [0.1, 0.15) is 21.5 Å². The smallest absolute Gasteiger partial charge is 0.337 e. The SMILES string of the molecule is N#Cc1ccc(F)cc1CSc1ccc(Cl)c(C(=O)O)c1. The molecule has 0 atom stereocenters. The Kier molecular flexibility index (Phi) is 4.84. The van der Waals surface area contributed by atoms with Gasteiger partial charge in [-0.25, -0.2) is 9.18 Å². The van der Waals surface area contributed by atoms with Crippen LogP contribution in [0, 0.1) is 17.1 Å². The molecule has 0 unspecified atom stereocenters. The van der Waals surface area contributed by atoms with Gasteiger partial charge in [0.25, 0.3) is 0 Å². The number of rotatable bonds is 4. The molecule has 0 fully saturated rings. The van der Waals surface area contributed by atoms with E-state index in [0.29, 0.717) is 21.8 Å². The molecule has 0 radical (unpaired) electrons. The number of hydrogen-bond acceptors (Lipinski definition) is 3. The van der Waals surface area contributed by atoms with E-state index in [0.717, 1.165) is 0 Å². The Morgan fingerprint density at radius 1 is 1.33 bits per heavy atom. The van der Waals surface area contributed by atoms with Gasteiger partial charge in [0, 0.05) is 10.6 Å². The quantitative estimate of drug-likeness (QED) is 0.851. The van der Waals surface area contributed by atoms with Gasteiger partial charge in [-0.2, -0.15) is 5.26 Å². The van der Waals surface area contributed by atoms with Gasteiger partial charge in [0.15, 0.2) is 0 Å². The molecule has 1 N–H and O–H groups in total. The third-order valence-electron chi connectivity index (χ3n) is 2.75. The van der Waals surface area contributed by atoms with E-state index >= 15 is 0 Å². The number of nitriles is 1. The normalized spacial score (nSPS) is 10.1. The molecule has 6 heteroatoms. The van der Waals surface area contributed by atoms with Crippen LogP contribution in [0.2, 0.25) is 5.02 Å². The van der Waals surface area contributed by atoms with Crippen LogP contribution < -0.4 is 0 Å². The van der Waals surface area contributed by atoms with Gasteiger partial charge in [0.1, 0.15) is 5.82 Å². The highest BCUT2D eigenvalue weighted by molar-refractivity contribution is 7.98. The fraction of sp³-hybridized carbons (Fsp3) is 0.0667. The number of carboxylic acid groups (broad SMARTS) is 1. The topological polar surface area (TPSA) is 61.1 Å². The van der Waals surface area contributed by atoms with Gasteiger partial charge in [-0.1, -0.05) is 11.6 Å². The van der Waals surface area contributed by atoms with Crippen molar-refractivity contribution in [3.05, 3.63) is 63.9 Å². The highest BCUT2D eigenvalue weighted by Crippen LogP contribution is 2.28. The average molecular weight is 322 g/mol.